The number of benzene rings is 1. The Kier molecular flexibility index (Phi) is 4.18. The molecular formula is C16H17N5O2. The molecule has 0 radical (unpaired) electrons. The topological polar surface area (TPSA) is 85.8 Å². The lowest BCUT2D eigenvalue weighted by atomic mass is 10.0. The van der Waals surface area contributed by atoms with Gasteiger partial charge >= 0.3 is 0 Å². The Morgan fingerprint density at radius 1 is 1.35 bits per heavy atom. The molecule has 0 spiro atoms. The van der Waals surface area contributed by atoms with Crippen molar-refractivity contribution in [3.63, 3.8) is 0 Å². The maximum Gasteiger partial charge on any atom is 0.271 e. The summed E-state index contributed by atoms with van der Waals surface area (Å²) in [4.78, 5) is 20.7. The fourth-order valence-corrected chi connectivity index (χ4v) is 2.30. The van der Waals surface area contributed by atoms with E-state index in [0.29, 0.717) is 23.8 Å². The maximum atomic E-state index is 12.4. The number of nitrogens with one attached hydrogen (secondary N) is 1. The lowest BCUT2D eigenvalue weighted by Gasteiger charge is -2.17. The maximum absolute atomic E-state index is 12.4. The molecule has 7 heteroatoms. The van der Waals surface area contributed by atoms with Gasteiger partial charge in [0.2, 0.25) is 5.89 Å². The van der Waals surface area contributed by atoms with Crippen LogP contribution in [0.25, 0.3) is 0 Å². The van der Waals surface area contributed by atoms with Crippen LogP contribution in [-0.2, 0) is 13.5 Å². The highest BCUT2D eigenvalue weighted by molar-refractivity contribution is 5.92. The van der Waals surface area contributed by atoms with Gasteiger partial charge in [-0.15, -0.1) is 0 Å². The van der Waals surface area contributed by atoms with Crippen molar-refractivity contribution in [3.8, 4) is 0 Å². The predicted molar refractivity (Wildman–Crippen MR) is 82.6 cm³/mol. The van der Waals surface area contributed by atoms with Gasteiger partial charge < -0.3 is 14.4 Å². The van der Waals surface area contributed by atoms with Gasteiger partial charge in [0.15, 0.2) is 5.82 Å². The van der Waals surface area contributed by atoms with Crippen molar-refractivity contribution in [2.75, 3.05) is 0 Å². The summed E-state index contributed by atoms with van der Waals surface area (Å²) in [6.07, 6.45) is 3.69. The van der Waals surface area contributed by atoms with Crippen molar-refractivity contribution in [2.24, 2.45) is 7.05 Å². The molecule has 7 nitrogen and oxygen atoms in total. The number of carbonyl (C=O) groups excluding carboxylic acids is 1. The smallest absolute Gasteiger partial charge is 0.271 e. The van der Waals surface area contributed by atoms with Crippen LogP contribution >= 0.6 is 0 Å². The third-order valence-corrected chi connectivity index (χ3v) is 3.39. The van der Waals surface area contributed by atoms with Crippen molar-refractivity contribution in [1.82, 2.24) is 25.0 Å². The Labute approximate surface area is 133 Å². The van der Waals surface area contributed by atoms with Crippen molar-refractivity contribution < 1.29 is 9.32 Å². The molecule has 3 aromatic rings. The fraction of sp³-hybridized carbons (Fsp3) is 0.250. The SMILES string of the molecule is Cc1noc(CC(NC(=O)c2cn(C)cn2)c2ccccc2)n1. The van der Waals surface area contributed by atoms with Crippen LogP contribution in [-0.4, -0.2) is 25.6 Å². The first-order valence-electron chi connectivity index (χ1n) is 7.25. The van der Waals surface area contributed by atoms with Crippen LogP contribution in [0.3, 0.4) is 0 Å². The number of aryl methyl sites for hydroxylation is 2. The van der Waals surface area contributed by atoms with Crippen LogP contribution in [0.15, 0.2) is 47.4 Å². The van der Waals surface area contributed by atoms with Crippen LogP contribution in [0.5, 0.6) is 0 Å². The highest BCUT2D eigenvalue weighted by Crippen LogP contribution is 2.18. The molecule has 0 aliphatic carbocycles. The second-order valence-electron chi connectivity index (χ2n) is 5.30. The summed E-state index contributed by atoms with van der Waals surface area (Å²) in [5, 5.41) is 6.77. The van der Waals surface area contributed by atoms with Crippen LogP contribution in [0.2, 0.25) is 0 Å². The zero-order valence-electron chi connectivity index (χ0n) is 12.9. The third-order valence-electron chi connectivity index (χ3n) is 3.39. The first-order chi connectivity index (χ1) is 11.1. The highest BCUT2D eigenvalue weighted by Gasteiger charge is 2.20. The average molecular weight is 311 g/mol. The summed E-state index contributed by atoms with van der Waals surface area (Å²) in [7, 11) is 1.82. The summed E-state index contributed by atoms with van der Waals surface area (Å²) >= 11 is 0. The van der Waals surface area contributed by atoms with E-state index in [0.717, 1.165) is 5.56 Å². The van der Waals surface area contributed by atoms with Crippen molar-refractivity contribution in [1.29, 1.82) is 0 Å². The second kappa shape index (κ2) is 6.43. The molecule has 0 saturated carbocycles. The molecule has 1 unspecified atom stereocenters. The Hall–Kier alpha value is -2.96. The molecule has 2 aromatic heterocycles. The molecule has 1 atom stereocenters. The first kappa shape index (κ1) is 15.0. The third kappa shape index (κ3) is 3.63. The number of carbonyl (C=O) groups is 1. The number of amides is 1. The Morgan fingerprint density at radius 3 is 2.74 bits per heavy atom. The Morgan fingerprint density at radius 2 is 2.13 bits per heavy atom. The standard InChI is InChI=1S/C16H17N5O2/c1-11-18-15(23-20-11)8-13(12-6-4-3-5-7-12)19-16(22)14-9-21(2)10-17-14/h3-7,9-10,13H,8H2,1-2H3,(H,19,22). The molecule has 1 amide bonds. The molecule has 0 aliphatic rings. The number of hydrogen-bond donors (Lipinski definition) is 1. The number of imidazole rings is 1. The van der Waals surface area contributed by atoms with Crippen molar-refractivity contribution in [2.45, 2.75) is 19.4 Å². The number of hydrogen-bond acceptors (Lipinski definition) is 5. The van der Waals surface area contributed by atoms with Gasteiger partial charge in [-0.1, -0.05) is 35.5 Å². The fourth-order valence-electron chi connectivity index (χ4n) is 2.30. The van der Waals surface area contributed by atoms with Crippen molar-refractivity contribution in [3.05, 3.63) is 65.8 Å². The minimum atomic E-state index is -0.273. The zero-order valence-corrected chi connectivity index (χ0v) is 12.9. The van der Waals surface area contributed by atoms with Gasteiger partial charge in [-0.2, -0.15) is 4.98 Å². The van der Waals surface area contributed by atoms with E-state index in [9.17, 15) is 4.79 Å². The Balaban J connectivity index is 1.81. The lowest BCUT2D eigenvalue weighted by Crippen LogP contribution is -2.30. The van der Waals surface area contributed by atoms with Gasteiger partial charge in [0, 0.05) is 13.2 Å². The van der Waals surface area contributed by atoms with Crippen LogP contribution in [0, 0.1) is 6.92 Å². The molecule has 1 aromatic carbocycles. The molecule has 23 heavy (non-hydrogen) atoms. The summed E-state index contributed by atoms with van der Waals surface area (Å²) in [6, 6.07) is 9.41. The molecule has 1 N–H and O–H groups in total. The van der Waals surface area contributed by atoms with Gasteiger partial charge in [-0.05, 0) is 12.5 Å². The van der Waals surface area contributed by atoms with E-state index in [4.69, 9.17) is 4.52 Å². The van der Waals surface area contributed by atoms with Gasteiger partial charge in [0.05, 0.1) is 18.8 Å². The Bertz CT molecular complexity index is 794. The van der Waals surface area contributed by atoms with E-state index in [1.807, 2.05) is 37.4 Å². The molecule has 3 rings (SSSR count). The van der Waals surface area contributed by atoms with E-state index in [1.165, 1.54) is 0 Å². The second-order valence-corrected chi connectivity index (χ2v) is 5.30. The normalized spacial score (nSPS) is 12.1. The quantitative estimate of drug-likeness (QED) is 0.777. The summed E-state index contributed by atoms with van der Waals surface area (Å²) in [5.74, 6) is 0.816. The van der Waals surface area contributed by atoms with Crippen molar-refractivity contribution >= 4 is 5.91 Å². The summed E-state index contributed by atoms with van der Waals surface area (Å²) < 4.78 is 6.91. The van der Waals surface area contributed by atoms with Gasteiger partial charge in [-0.3, -0.25) is 4.79 Å². The monoisotopic (exact) mass is 311 g/mol. The van der Waals surface area contributed by atoms with E-state index in [-0.39, 0.29) is 11.9 Å². The number of rotatable bonds is 5. The number of aromatic nitrogens is 4. The van der Waals surface area contributed by atoms with Gasteiger partial charge in [0.1, 0.15) is 5.69 Å². The minimum Gasteiger partial charge on any atom is -0.343 e. The van der Waals surface area contributed by atoms with E-state index in [2.05, 4.69) is 20.4 Å². The molecule has 0 bridgehead atoms. The lowest BCUT2D eigenvalue weighted by molar-refractivity contribution is 0.0930. The number of nitrogens with zero attached hydrogens (tertiary/aromatic N) is 4. The van der Waals surface area contributed by atoms with Gasteiger partial charge in [-0.25, -0.2) is 4.98 Å². The van der Waals surface area contributed by atoms with E-state index in [1.54, 1.807) is 24.0 Å². The molecule has 0 fully saturated rings. The van der Waals surface area contributed by atoms with E-state index < -0.39 is 0 Å². The largest absolute Gasteiger partial charge is 0.343 e. The molecule has 0 aliphatic heterocycles. The minimum absolute atomic E-state index is 0.240. The average Bonchev–Trinajstić information content (AvgIpc) is 3.16. The van der Waals surface area contributed by atoms with Crippen LogP contribution in [0.1, 0.15) is 33.8 Å². The highest BCUT2D eigenvalue weighted by atomic mass is 16.5. The zero-order chi connectivity index (χ0) is 16.2. The molecule has 118 valence electrons. The van der Waals surface area contributed by atoms with Gasteiger partial charge in [0.25, 0.3) is 5.91 Å². The molecule has 2 heterocycles. The van der Waals surface area contributed by atoms with E-state index >= 15 is 0 Å². The summed E-state index contributed by atoms with van der Waals surface area (Å²) in [5.41, 5.74) is 1.34. The van der Waals surface area contributed by atoms with Crippen LogP contribution in [0.4, 0.5) is 0 Å². The molecular weight excluding hydrogens is 294 g/mol. The van der Waals surface area contributed by atoms with Crippen LogP contribution < -0.4 is 5.32 Å². The molecule has 0 saturated heterocycles. The predicted octanol–water partition coefficient (Wildman–Crippen LogP) is 1.83. The first-order valence-corrected chi connectivity index (χ1v) is 7.25. The summed E-state index contributed by atoms with van der Waals surface area (Å²) in [6.45, 7) is 1.76.